The molecular formula is C15H29N3O2. The number of methoxy groups -OCH3 is 1. The second-order valence-electron chi connectivity index (χ2n) is 6.26. The number of nitrogens with two attached hydrogens (primary N) is 1. The molecule has 0 radical (unpaired) electrons. The average Bonchev–Trinajstić information content (AvgIpc) is 2.97. The zero-order valence-electron chi connectivity index (χ0n) is 12.6. The molecule has 5 heteroatoms. The summed E-state index contributed by atoms with van der Waals surface area (Å²) in [4.78, 5) is 14.1. The van der Waals surface area contributed by atoms with Gasteiger partial charge in [0.1, 0.15) is 0 Å². The molecule has 2 unspecified atom stereocenters. The van der Waals surface area contributed by atoms with Crippen molar-refractivity contribution >= 4 is 5.97 Å². The third-order valence-corrected chi connectivity index (χ3v) is 4.68. The van der Waals surface area contributed by atoms with E-state index in [4.69, 9.17) is 10.5 Å². The first-order valence-electron chi connectivity index (χ1n) is 7.96. The Hall–Kier alpha value is -0.650. The van der Waals surface area contributed by atoms with Crippen molar-refractivity contribution in [2.75, 3.05) is 39.8 Å². The summed E-state index contributed by atoms with van der Waals surface area (Å²) in [5.41, 5.74) is 5.65. The highest BCUT2D eigenvalue weighted by molar-refractivity contribution is 5.72. The van der Waals surface area contributed by atoms with Gasteiger partial charge in [-0.05, 0) is 31.7 Å². The molecule has 3 N–H and O–H groups in total. The molecule has 116 valence electrons. The monoisotopic (exact) mass is 283 g/mol. The lowest BCUT2D eigenvalue weighted by atomic mass is 9.93. The van der Waals surface area contributed by atoms with E-state index >= 15 is 0 Å². The predicted octanol–water partition coefficient (Wildman–Crippen LogP) is 0.588. The Morgan fingerprint density at radius 1 is 1.35 bits per heavy atom. The van der Waals surface area contributed by atoms with Crippen molar-refractivity contribution in [1.82, 2.24) is 10.2 Å². The maximum Gasteiger partial charge on any atom is 0.310 e. The lowest BCUT2D eigenvalue weighted by molar-refractivity contribution is -0.147. The van der Waals surface area contributed by atoms with Gasteiger partial charge in [-0.15, -0.1) is 0 Å². The largest absolute Gasteiger partial charge is 0.469 e. The lowest BCUT2D eigenvalue weighted by Crippen LogP contribution is -2.52. The van der Waals surface area contributed by atoms with Crippen LogP contribution in [0.3, 0.4) is 0 Å². The Kier molecular flexibility index (Phi) is 6.26. The third-order valence-electron chi connectivity index (χ3n) is 4.68. The number of esters is 1. The molecule has 20 heavy (non-hydrogen) atoms. The van der Waals surface area contributed by atoms with Crippen LogP contribution in [0.2, 0.25) is 0 Å². The van der Waals surface area contributed by atoms with Crippen LogP contribution >= 0.6 is 0 Å². The van der Waals surface area contributed by atoms with Crippen molar-refractivity contribution in [2.45, 2.75) is 38.1 Å². The van der Waals surface area contributed by atoms with Gasteiger partial charge < -0.3 is 15.8 Å². The summed E-state index contributed by atoms with van der Waals surface area (Å²) >= 11 is 0. The van der Waals surface area contributed by atoms with Gasteiger partial charge >= 0.3 is 5.97 Å². The second kappa shape index (κ2) is 7.96. The molecule has 1 saturated heterocycles. The van der Waals surface area contributed by atoms with Crippen LogP contribution in [0.15, 0.2) is 0 Å². The highest BCUT2D eigenvalue weighted by atomic mass is 16.5. The minimum Gasteiger partial charge on any atom is -0.469 e. The van der Waals surface area contributed by atoms with Crippen LogP contribution in [0, 0.1) is 11.8 Å². The molecule has 2 atom stereocenters. The quantitative estimate of drug-likeness (QED) is 0.698. The zero-order valence-corrected chi connectivity index (χ0v) is 12.6. The van der Waals surface area contributed by atoms with Crippen LogP contribution in [0.4, 0.5) is 0 Å². The molecule has 0 aromatic rings. The maximum absolute atomic E-state index is 11.8. The molecule has 0 amide bonds. The van der Waals surface area contributed by atoms with Gasteiger partial charge in [-0.2, -0.15) is 0 Å². The molecule has 0 aromatic carbocycles. The van der Waals surface area contributed by atoms with Crippen LogP contribution < -0.4 is 11.1 Å². The van der Waals surface area contributed by atoms with E-state index in [-0.39, 0.29) is 11.9 Å². The summed E-state index contributed by atoms with van der Waals surface area (Å²) in [7, 11) is 1.48. The van der Waals surface area contributed by atoms with Crippen molar-refractivity contribution < 1.29 is 9.53 Å². The number of ether oxygens (including phenoxy) is 1. The number of piperidine rings is 1. The topological polar surface area (TPSA) is 67.6 Å². The fourth-order valence-corrected chi connectivity index (χ4v) is 3.59. The molecule has 2 aliphatic rings. The Labute approximate surface area is 122 Å². The molecule has 2 rings (SSSR count). The first-order chi connectivity index (χ1) is 9.72. The minimum absolute atomic E-state index is 0.0126. The highest BCUT2D eigenvalue weighted by Gasteiger charge is 2.32. The Morgan fingerprint density at radius 3 is 2.75 bits per heavy atom. The van der Waals surface area contributed by atoms with Crippen molar-refractivity contribution in [3.63, 3.8) is 0 Å². The number of carbonyl (C=O) groups excluding carboxylic acids is 1. The molecule has 1 heterocycles. The van der Waals surface area contributed by atoms with Crippen LogP contribution in [-0.2, 0) is 9.53 Å². The number of nitrogens with zero attached hydrogens (tertiary/aromatic N) is 1. The molecule has 1 aliphatic carbocycles. The van der Waals surface area contributed by atoms with Crippen molar-refractivity contribution in [2.24, 2.45) is 17.6 Å². The van der Waals surface area contributed by atoms with E-state index in [0.717, 1.165) is 38.5 Å². The molecule has 5 nitrogen and oxygen atoms in total. The Morgan fingerprint density at radius 2 is 2.10 bits per heavy atom. The first kappa shape index (κ1) is 15.7. The molecule has 2 fully saturated rings. The van der Waals surface area contributed by atoms with E-state index in [1.54, 1.807) is 0 Å². The SMILES string of the molecule is COC(=O)C1CC(NCC2CCCC2)CN(CCN)C1. The summed E-state index contributed by atoms with van der Waals surface area (Å²) in [6.45, 7) is 4.37. The lowest BCUT2D eigenvalue weighted by Gasteiger charge is -2.37. The number of hydrogen-bond donors (Lipinski definition) is 2. The summed E-state index contributed by atoms with van der Waals surface area (Å²) in [6, 6.07) is 0.389. The zero-order chi connectivity index (χ0) is 14.4. The molecule has 1 aliphatic heterocycles. The van der Waals surface area contributed by atoms with Crippen LogP contribution in [0.25, 0.3) is 0 Å². The number of likely N-dealkylation sites (tertiary alicyclic amines) is 1. The molecular weight excluding hydrogens is 254 g/mol. The van der Waals surface area contributed by atoms with Gasteiger partial charge in [0.15, 0.2) is 0 Å². The summed E-state index contributed by atoms with van der Waals surface area (Å²) < 4.78 is 4.92. The molecule has 0 bridgehead atoms. The van der Waals surface area contributed by atoms with E-state index in [9.17, 15) is 4.79 Å². The number of rotatable bonds is 6. The smallest absolute Gasteiger partial charge is 0.310 e. The van der Waals surface area contributed by atoms with E-state index in [1.165, 1.54) is 32.8 Å². The van der Waals surface area contributed by atoms with Crippen LogP contribution in [-0.4, -0.2) is 56.7 Å². The fourth-order valence-electron chi connectivity index (χ4n) is 3.59. The number of carbonyl (C=O) groups is 1. The Bertz CT molecular complexity index is 305. The van der Waals surface area contributed by atoms with Gasteiger partial charge in [-0.25, -0.2) is 0 Å². The van der Waals surface area contributed by atoms with Gasteiger partial charge in [0.05, 0.1) is 13.0 Å². The average molecular weight is 283 g/mol. The summed E-state index contributed by atoms with van der Waals surface area (Å²) in [5.74, 6) is 0.734. The van der Waals surface area contributed by atoms with E-state index in [0.29, 0.717) is 12.6 Å². The predicted molar refractivity (Wildman–Crippen MR) is 79.4 cm³/mol. The van der Waals surface area contributed by atoms with Crippen LogP contribution in [0.5, 0.6) is 0 Å². The standard InChI is InChI=1S/C15H29N3O2/c1-20-15(19)13-8-14(11-18(10-13)7-6-16)17-9-12-4-2-3-5-12/h12-14,17H,2-11,16H2,1H3. The fraction of sp³-hybridized carbons (Fsp3) is 0.933. The van der Waals surface area contributed by atoms with E-state index in [2.05, 4.69) is 10.2 Å². The van der Waals surface area contributed by atoms with Crippen molar-refractivity contribution in [3.05, 3.63) is 0 Å². The Balaban J connectivity index is 1.83. The van der Waals surface area contributed by atoms with Crippen LogP contribution in [0.1, 0.15) is 32.1 Å². The van der Waals surface area contributed by atoms with Gasteiger partial charge in [0, 0.05) is 32.2 Å². The number of hydrogen-bond acceptors (Lipinski definition) is 5. The first-order valence-corrected chi connectivity index (χ1v) is 7.96. The summed E-state index contributed by atoms with van der Waals surface area (Å²) in [6.07, 6.45) is 6.35. The normalized spacial score (nSPS) is 28.7. The molecule has 0 aromatic heterocycles. The van der Waals surface area contributed by atoms with Gasteiger partial charge in [-0.1, -0.05) is 12.8 Å². The minimum atomic E-state index is -0.0839. The second-order valence-corrected chi connectivity index (χ2v) is 6.26. The number of nitrogens with one attached hydrogen (secondary N) is 1. The highest BCUT2D eigenvalue weighted by Crippen LogP contribution is 2.25. The van der Waals surface area contributed by atoms with Gasteiger partial charge in [-0.3, -0.25) is 9.69 Å². The molecule has 1 saturated carbocycles. The van der Waals surface area contributed by atoms with Gasteiger partial charge in [0.2, 0.25) is 0 Å². The van der Waals surface area contributed by atoms with Crippen molar-refractivity contribution in [3.8, 4) is 0 Å². The maximum atomic E-state index is 11.8. The van der Waals surface area contributed by atoms with E-state index < -0.39 is 0 Å². The molecule has 0 spiro atoms. The third kappa shape index (κ3) is 4.43. The summed E-state index contributed by atoms with van der Waals surface area (Å²) in [5, 5.41) is 3.67. The van der Waals surface area contributed by atoms with Crippen molar-refractivity contribution in [1.29, 1.82) is 0 Å². The van der Waals surface area contributed by atoms with Gasteiger partial charge in [0.25, 0.3) is 0 Å². The van der Waals surface area contributed by atoms with E-state index in [1.807, 2.05) is 0 Å².